The molecule has 0 aliphatic rings. The molecule has 2 rings (SSSR count). The van der Waals surface area contributed by atoms with Crippen molar-refractivity contribution in [3.63, 3.8) is 0 Å². The number of aromatic nitrogens is 2. The van der Waals surface area contributed by atoms with Crippen LogP contribution in [0.5, 0.6) is 0 Å². The molecule has 0 saturated carbocycles. The van der Waals surface area contributed by atoms with Gasteiger partial charge in [-0.1, -0.05) is 0 Å². The van der Waals surface area contributed by atoms with E-state index in [9.17, 15) is 18.0 Å². The molecule has 96 valence electrons. The van der Waals surface area contributed by atoms with Crippen molar-refractivity contribution in [1.82, 2.24) is 10.2 Å². The molecule has 0 fully saturated rings. The Bertz CT molecular complexity index is 595. The molecule has 0 atom stereocenters. The van der Waals surface area contributed by atoms with Crippen molar-refractivity contribution in [1.29, 1.82) is 0 Å². The molecule has 0 bridgehead atoms. The highest BCUT2D eigenvalue weighted by atomic mass is 19.3. The van der Waals surface area contributed by atoms with Gasteiger partial charge in [-0.15, -0.1) is 0 Å². The number of ether oxygens (including phenoxy) is 1. The van der Waals surface area contributed by atoms with Crippen molar-refractivity contribution >= 4 is 16.9 Å². The van der Waals surface area contributed by atoms with Crippen molar-refractivity contribution < 1.29 is 22.7 Å². The summed E-state index contributed by atoms with van der Waals surface area (Å²) in [6.07, 6.45) is 1.26. The van der Waals surface area contributed by atoms with Crippen LogP contribution in [0.15, 0.2) is 18.3 Å². The number of alkyl halides is 2. The number of benzene rings is 1. The monoisotopic (exact) mass is 258 g/mol. The smallest absolute Gasteiger partial charge is 0.382 e. The number of hydrogen-bond acceptors (Lipinski definition) is 3. The SMILES string of the molecule is CCOC(=O)C(F)(F)c1cc2cn[nH]c2cc1F. The van der Waals surface area contributed by atoms with E-state index in [-0.39, 0.29) is 17.5 Å². The molecule has 0 unspecified atom stereocenters. The summed E-state index contributed by atoms with van der Waals surface area (Å²) < 4.78 is 45.2. The number of hydrogen-bond donors (Lipinski definition) is 1. The highest BCUT2D eigenvalue weighted by molar-refractivity contribution is 5.84. The van der Waals surface area contributed by atoms with E-state index in [1.165, 1.54) is 13.1 Å². The second-order valence-electron chi connectivity index (χ2n) is 3.58. The molecule has 18 heavy (non-hydrogen) atoms. The highest BCUT2D eigenvalue weighted by Gasteiger charge is 2.45. The largest absolute Gasteiger partial charge is 0.461 e. The lowest BCUT2D eigenvalue weighted by Gasteiger charge is -2.15. The Kier molecular flexibility index (Phi) is 2.98. The van der Waals surface area contributed by atoms with Crippen LogP contribution >= 0.6 is 0 Å². The summed E-state index contributed by atoms with van der Waals surface area (Å²) in [7, 11) is 0. The number of halogens is 3. The first-order chi connectivity index (χ1) is 8.46. The normalized spacial score (nSPS) is 11.8. The fourth-order valence-corrected chi connectivity index (χ4v) is 1.54. The van der Waals surface area contributed by atoms with Gasteiger partial charge in [-0.25, -0.2) is 9.18 Å². The number of fused-ring (bicyclic) bond motifs is 1. The van der Waals surface area contributed by atoms with E-state index in [4.69, 9.17) is 0 Å². The maximum absolute atomic E-state index is 13.7. The van der Waals surface area contributed by atoms with Gasteiger partial charge in [0.2, 0.25) is 0 Å². The van der Waals surface area contributed by atoms with Gasteiger partial charge >= 0.3 is 11.9 Å². The van der Waals surface area contributed by atoms with Crippen LogP contribution in [0.4, 0.5) is 13.2 Å². The minimum Gasteiger partial charge on any atom is -0.461 e. The maximum atomic E-state index is 13.7. The summed E-state index contributed by atoms with van der Waals surface area (Å²) in [5, 5.41) is 6.32. The molecular weight excluding hydrogens is 249 g/mol. The van der Waals surface area contributed by atoms with Crippen LogP contribution in [0.3, 0.4) is 0 Å². The van der Waals surface area contributed by atoms with Crippen LogP contribution in [0, 0.1) is 5.82 Å². The summed E-state index contributed by atoms with van der Waals surface area (Å²) in [5.41, 5.74) is -0.745. The molecular formula is C11H9F3N2O2. The third kappa shape index (κ3) is 1.92. The van der Waals surface area contributed by atoms with E-state index in [1.54, 1.807) is 0 Å². The number of nitrogens with zero attached hydrogens (tertiary/aromatic N) is 1. The number of aromatic amines is 1. The minimum absolute atomic E-state index is 0.204. The first-order valence-electron chi connectivity index (χ1n) is 5.15. The molecule has 0 amide bonds. The number of nitrogens with one attached hydrogen (secondary N) is 1. The summed E-state index contributed by atoms with van der Waals surface area (Å²) >= 11 is 0. The molecule has 0 aliphatic heterocycles. The van der Waals surface area contributed by atoms with Crippen LogP contribution in [0.1, 0.15) is 12.5 Å². The van der Waals surface area contributed by atoms with Gasteiger partial charge in [0.1, 0.15) is 5.82 Å². The molecule has 1 aromatic heterocycles. The van der Waals surface area contributed by atoms with Crippen LogP contribution < -0.4 is 0 Å². The lowest BCUT2D eigenvalue weighted by molar-refractivity contribution is -0.173. The Morgan fingerprint density at radius 1 is 1.50 bits per heavy atom. The Morgan fingerprint density at radius 3 is 2.89 bits per heavy atom. The first-order valence-corrected chi connectivity index (χ1v) is 5.15. The maximum Gasteiger partial charge on any atom is 0.382 e. The molecule has 0 radical (unpaired) electrons. The molecule has 1 aromatic carbocycles. The zero-order valence-electron chi connectivity index (χ0n) is 9.34. The number of esters is 1. The lowest BCUT2D eigenvalue weighted by Crippen LogP contribution is -2.29. The number of rotatable bonds is 3. The summed E-state index contributed by atoms with van der Waals surface area (Å²) in [6.45, 7) is 1.19. The Balaban J connectivity index is 2.51. The van der Waals surface area contributed by atoms with Crippen LogP contribution in [0.2, 0.25) is 0 Å². The van der Waals surface area contributed by atoms with E-state index in [2.05, 4.69) is 14.9 Å². The van der Waals surface area contributed by atoms with Crippen LogP contribution in [-0.4, -0.2) is 22.8 Å². The van der Waals surface area contributed by atoms with Gasteiger partial charge < -0.3 is 4.74 Å². The predicted molar refractivity (Wildman–Crippen MR) is 56.6 cm³/mol. The van der Waals surface area contributed by atoms with Crippen molar-refractivity contribution in [2.75, 3.05) is 6.61 Å². The molecule has 0 aliphatic carbocycles. The standard InChI is InChI=1S/C11H9F3N2O2/c1-2-18-10(17)11(13,14)7-3-6-5-15-16-9(6)4-8(7)12/h3-5H,2H2,1H3,(H,15,16). The van der Waals surface area contributed by atoms with Crippen molar-refractivity contribution in [2.24, 2.45) is 0 Å². The molecule has 4 nitrogen and oxygen atoms in total. The second-order valence-corrected chi connectivity index (χ2v) is 3.58. The lowest BCUT2D eigenvalue weighted by atomic mass is 10.1. The number of carbonyl (C=O) groups excluding carboxylic acids is 1. The van der Waals surface area contributed by atoms with Crippen molar-refractivity contribution in [3.8, 4) is 0 Å². The molecule has 2 aromatic rings. The van der Waals surface area contributed by atoms with Crippen molar-refractivity contribution in [3.05, 3.63) is 29.7 Å². The van der Waals surface area contributed by atoms with Gasteiger partial charge in [-0.2, -0.15) is 13.9 Å². The molecule has 0 spiro atoms. The molecule has 1 heterocycles. The fraction of sp³-hybridized carbons (Fsp3) is 0.273. The molecule has 7 heteroatoms. The third-order valence-electron chi connectivity index (χ3n) is 2.40. The molecule has 1 N–H and O–H groups in total. The Hall–Kier alpha value is -2.05. The Labute approximate surface area is 99.7 Å². The predicted octanol–water partition coefficient (Wildman–Crippen LogP) is 2.36. The van der Waals surface area contributed by atoms with Crippen molar-refractivity contribution in [2.45, 2.75) is 12.8 Å². The summed E-state index contributed by atoms with van der Waals surface area (Å²) in [5.74, 6) is -6.98. The summed E-state index contributed by atoms with van der Waals surface area (Å²) in [6, 6.07) is 1.75. The zero-order valence-corrected chi connectivity index (χ0v) is 9.34. The van der Waals surface area contributed by atoms with Crippen LogP contribution in [0.25, 0.3) is 10.9 Å². The topological polar surface area (TPSA) is 55.0 Å². The van der Waals surface area contributed by atoms with E-state index in [0.717, 1.165) is 12.1 Å². The van der Waals surface area contributed by atoms with Gasteiger partial charge in [0.05, 0.1) is 23.9 Å². The van der Waals surface area contributed by atoms with E-state index >= 15 is 0 Å². The Morgan fingerprint density at radius 2 is 2.22 bits per heavy atom. The third-order valence-corrected chi connectivity index (χ3v) is 2.40. The highest BCUT2D eigenvalue weighted by Crippen LogP contribution is 2.33. The van der Waals surface area contributed by atoms with E-state index in [1.807, 2.05) is 0 Å². The number of H-pyrrole nitrogens is 1. The summed E-state index contributed by atoms with van der Waals surface area (Å²) in [4.78, 5) is 11.1. The van der Waals surface area contributed by atoms with Gasteiger partial charge in [-0.05, 0) is 13.0 Å². The quantitative estimate of drug-likeness (QED) is 0.860. The fourth-order valence-electron chi connectivity index (χ4n) is 1.54. The second kappa shape index (κ2) is 4.32. The van der Waals surface area contributed by atoms with Gasteiger partial charge in [0.15, 0.2) is 0 Å². The van der Waals surface area contributed by atoms with E-state index in [0.29, 0.717) is 0 Å². The average Bonchev–Trinajstić information content (AvgIpc) is 2.75. The average molecular weight is 258 g/mol. The number of carbonyl (C=O) groups is 1. The first kappa shape index (κ1) is 12.4. The molecule has 0 saturated heterocycles. The van der Waals surface area contributed by atoms with E-state index < -0.39 is 23.3 Å². The van der Waals surface area contributed by atoms with Gasteiger partial charge in [0.25, 0.3) is 0 Å². The van der Waals surface area contributed by atoms with Gasteiger partial charge in [0, 0.05) is 11.5 Å². The van der Waals surface area contributed by atoms with Gasteiger partial charge in [-0.3, -0.25) is 5.10 Å². The zero-order chi connectivity index (χ0) is 13.3. The minimum atomic E-state index is -4.02. The van der Waals surface area contributed by atoms with Crippen LogP contribution in [-0.2, 0) is 15.5 Å².